The second-order valence-corrected chi connectivity index (χ2v) is 5.93. The number of aromatic nitrogens is 5. The third kappa shape index (κ3) is 3.63. The minimum atomic E-state index is -0.202. The van der Waals surface area contributed by atoms with Crippen molar-refractivity contribution < 1.29 is 14.3 Å². The van der Waals surface area contributed by atoms with Crippen molar-refractivity contribution in [3.8, 4) is 11.5 Å². The van der Waals surface area contributed by atoms with Crippen molar-refractivity contribution in [3.63, 3.8) is 0 Å². The summed E-state index contributed by atoms with van der Waals surface area (Å²) in [5.41, 5.74) is 1.73. The van der Waals surface area contributed by atoms with Crippen LogP contribution in [0.25, 0.3) is 11.2 Å². The molecule has 1 aromatic carbocycles. The number of hydrogen-bond acceptors (Lipinski definition) is 8. The van der Waals surface area contributed by atoms with Gasteiger partial charge in [-0.15, -0.1) is 5.10 Å². The van der Waals surface area contributed by atoms with Crippen LogP contribution in [-0.2, 0) is 11.8 Å². The van der Waals surface area contributed by atoms with E-state index in [2.05, 4.69) is 25.6 Å². The smallest absolute Gasteiger partial charge is 0.234 e. The normalized spacial score (nSPS) is 10.7. The number of thioether (sulfide) groups is 1. The van der Waals surface area contributed by atoms with Gasteiger partial charge >= 0.3 is 0 Å². The average Bonchev–Trinajstić information content (AvgIpc) is 3.01. The van der Waals surface area contributed by atoms with E-state index in [1.807, 2.05) is 0 Å². The lowest BCUT2D eigenvalue weighted by Crippen LogP contribution is -2.15. The molecule has 25 heavy (non-hydrogen) atoms. The number of carbonyl (C=O) groups is 1. The molecule has 0 fully saturated rings. The Balaban J connectivity index is 1.71. The first kappa shape index (κ1) is 17.0. The zero-order chi connectivity index (χ0) is 17.8. The summed E-state index contributed by atoms with van der Waals surface area (Å²) < 4.78 is 12.0. The number of nitrogens with one attached hydrogen (secondary N) is 1. The van der Waals surface area contributed by atoms with Gasteiger partial charge in [0.25, 0.3) is 0 Å². The number of fused-ring (bicyclic) bond motifs is 1. The van der Waals surface area contributed by atoms with E-state index >= 15 is 0 Å². The molecular formula is C15H16N6O3S. The summed E-state index contributed by atoms with van der Waals surface area (Å²) in [4.78, 5) is 20.6. The van der Waals surface area contributed by atoms with E-state index in [1.165, 1.54) is 25.2 Å². The van der Waals surface area contributed by atoms with Crippen LogP contribution in [-0.4, -0.2) is 50.8 Å². The maximum absolute atomic E-state index is 12.3. The minimum Gasteiger partial charge on any atom is -0.497 e. The van der Waals surface area contributed by atoms with Crippen LogP contribution in [0.15, 0.2) is 29.6 Å². The molecule has 3 aromatic rings. The van der Waals surface area contributed by atoms with Gasteiger partial charge in [0.2, 0.25) is 5.91 Å². The summed E-state index contributed by atoms with van der Waals surface area (Å²) in [7, 11) is 4.85. The Bertz CT molecular complexity index is 913. The minimum absolute atomic E-state index is 0.156. The highest BCUT2D eigenvalue weighted by atomic mass is 32.2. The molecule has 0 spiro atoms. The lowest BCUT2D eigenvalue weighted by atomic mass is 10.2. The number of anilines is 1. The molecule has 3 rings (SSSR count). The number of carbonyl (C=O) groups excluding carboxylic acids is 1. The number of benzene rings is 1. The molecule has 1 amide bonds. The van der Waals surface area contributed by atoms with Gasteiger partial charge in [-0.05, 0) is 12.1 Å². The van der Waals surface area contributed by atoms with Crippen molar-refractivity contribution in [3.05, 3.63) is 24.5 Å². The maximum atomic E-state index is 12.3. The highest BCUT2D eigenvalue weighted by Gasteiger charge is 2.14. The number of hydrogen-bond donors (Lipinski definition) is 1. The van der Waals surface area contributed by atoms with Gasteiger partial charge < -0.3 is 14.8 Å². The second kappa shape index (κ2) is 7.34. The van der Waals surface area contributed by atoms with Crippen molar-refractivity contribution in [2.45, 2.75) is 5.03 Å². The Hall–Kier alpha value is -2.88. The van der Waals surface area contributed by atoms with Gasteiger partial charge in [0, 0.05) is 13.1 Å². The van der Waals surface area contributed by atoms with E-state index in [4.69, 9.17) is 9.47 Å². The molecule has 0 radical (unpaired) electrons. The molecule has 9 nitrogen and oxygen atoms in total. The van der Waals surface area contributed by atoms with Gasteiger partial charge in [0.05, 0.1) is 25.7 Å². The quantitative estimate of drug-likeness (QED) is 0.521. The van der Waals surface area contributed by atoms with E-state index in [-0.39, 0.29) is 11.7 Å². The van der Waals surface area contributed by atoms with E-state index in [0.29, 0.717) is 33.4 Å². The van der Waals surface area contributed by atoms with Gasteiger partial charge in [-0.1, -0.05) is 17.0 Å². The first-order valence-electron chi connectivity index (χ1n) is 7.27. The van der Waals surface area contributed by atoms with Gasteiger partial charge in [-0.25, -0.2) is 14.6 Å². The molecule has 1 N–H and O–H groups in total. The van der Waals surface area contributed by atoms with Crippen LogP contribution in [0, 0.1) is 0 Å². The molecule has 0 aliphatic carbocycles. The van der Waals surface area contributed by atoms with Gasteiger partial charge in [0.1, 0.15) is 22.9 Å². The fraction of sp³-hybridized carbons (Fsp3) is 0.267. The van der Waals surface area contributed by atoms with E-state index in [1.54, 1.807) is 37.0 Å². The molecule has 0 saturated carbocycles. The monoisotopic (exact) mass is 360 g/mol. The number of amides is 1. The molecule has 10 heteroatoms. The predicted octanol–water partition coefficient (Wildman–Crippen LogP) is 1.51. The molecule has 0 saturated heterocycles. The Morgan fingerprint density at radius 2 is 2.12 bits per heavy atom. The lowest BCUT2D eigenvalue weighted by Gasteiger charge is -2.11. The molecule has 130 valence electrons. The van der Waals surface area contributed by atoms with E-state index < -0.39 is 0 Å². The molecule has 2 heterocycles. The topological polar surface area (TPSA) is 104 Å². The van der Waals surface area contributed by atoms with Crippen molar-refractivity contribution in [2.75, 3.05) is 25.3 Å². The van der Waals surface area contributed by atoms with Gasteiger partial charge in [-0.2, -0.15) is 0 Å². The molecule has 0 atom stereocenters. The summed E-state index contributed by atoms with van der Waals surface area (Å²) in [6.07, 6.45) is 1.43. The average molecular weight is 360 g/mol. The molecular weight excluding hydrogens is 344 g/mol. The zero-order valence-electron chi connectivity index (χ0n) is 13.9. The Morgan fingerprint density at radius 1 is 1.28 bits per heavy atom. The summed E-state index contributed by atoms with van der Waals surface area (Å²) in [5.74, 6) is 1.13. The number of ether oxygens (including phenoxy) is 2. The molecule has 2 aromatic heterocycles. The first-order chi connectivity index (χ1) is 12.1. The number of methoxy groups -OCH3 is 2. The summed E-state index contributed by atoms with van der Waals surface area (Å²) in [5, 5.41) is 11.4. The molecule has 0 bridgehead atoms. The first-order valence-corrected chi connectivity index (χ1v) is 8.26. The molecule has 0 unspecified atom stereocenters. The lowest BCUT2D eigenvalue weighted by molar-refractivity contribution is -0.113. The largest absolute Gasteiger partial charge is 0.497 e. The second-order valence-electron chi connectivity index (χ2n) is 4.97. The van der Waals surface area contributed by atoms with E-state index in [9.17, 15) is 4.79 Å². The summed E-state index contributed by atoms with van der Waals surface area (Å²) in [6.45, 7) is 0. The van der Waals surface area contributed by atoms with Crippen molar-refractivity contribution in [1.29, 1.82) is 0 Å². The highest BCUT2D eigenvalue weighted by Crippen LogP contribution is 2.29. The fourth-order valence-electron chi connectivity index (χ4n) is 2.17. The number of aryl methyl sites for hydroxylation is 1. The van der Waals surface area contributed by atoms with Crippen LogP contribution in [0.1, 0.15) is 0 Å². The Kier molecular flexibility index (Phi) is 4.98. The third-order valence-electron chi connectivity index (χ3n) is 3.38. The standard InChI is InChI=1S/C15H16N6O3S/c1-21-14-13(19-20-21)15(17-8-16-14)25-7-12(22)18-10-6-9(23-2)4-5-11(10)24-3/h4-6,8H,7H2,1-3H3,(H,18,22). The third-order valence-corrected chi connectivity index (χ3v) is 4.35. The SMILES string of the molecule is COc1ccc(OC)c(NC(=O)CSc2ncnc3c2nnn3C)c1. The maximum Gasteiger partial charge on any atom is 0.234 e. The zero-order valence-corrected chi connectivity index (χ0v) is 14.7. The van der Waals surface area contributed by atoms with E-state index in [0.717, 1.165) is 0 Å². The summed E-state index contributed by atoms with van der Waals surface area (Å²) >= 11 is 1.26. The van der Waals surface area contributed by atoms with Crippen LogP contribution in [0.3, 0.4) is 0 Å². The summed E-state index contributed by atoms with van der Waals surface area (Å²) in [6, 6.07) is 5.19. The van der Waals surface area contributed by atoms with Gasteiger partial charge in [-0.3, -0.25) is 4.79 Å². The fourth-order valence-corrected chi connectivity index (χ4v) is 2.90. The molecule has 0 aliphatic heterocycles. The Morgan fingerprint density at radius 3 is 2.88 bits per heavy atom. The van der Waals surface area contributed by atoms with Crippen molar-refractivity contribution in [2.24, 2.45) is 7.05 Å². The highest BCUT2D eigenvalue weighted by molar-refractivity contribution is 8.00. The number of nitrogens with zero attached hydrogens (tertiary/aromatic N) is 5. The van der Waals surface area contributed by atoms with Crippen molar-refractivity contribution in [1.82, 2.24) is 25.0 Å². The predicted molar refractivity (Wildman–Crippen MR) is 93.0 cm³/mol. The Labute approximate surface area is 147 Å². The van der Waals surface area contributed by atoms with Crippen LogP contribution in [0.4, 0.5) is 5.69 Å². The van der Waals surface area contributed by atoms with Crippen LogP contribution < -0.4 is 14.8 Å². The van der Waals surface area contributed by atoms with Crippen LogP contribution in [0.5, 0.6) is 11.5 Å². The molecule has 0 aliphatic rings. The van der Waals surface area contributed by atoms with Gasteiger partial charge in [0.15, 0.2) is 11.2 Å². The van der Waals surface area contributed by atoms with Crippen LogP contribution in [0.2, 0.25) is 0 Å². The number of rotatable bonds is 6. The van der Waals surface area contributed by atoms with Crippen LogP contribution >= 0.6 is 11.8 Å². The van der Waals surface area contributed by atoms with Crippen molar-refractivity contribution >= 4 is 34.5 Å².